The second kappa shape index (κ2) is 12.9. The number of hydrogen-bond acceptors (Lipinski definition) is 12. The zero-order valence-electron chi connectivity index (χ0n) is 23.9. The summed E-state index contributed by atoms with van der Waals surface area (Å²) in [7, 11) is -3.94. The average Bonchev–Trinajstić information content (AvgIpc) is 3.42. The molecule has 0 bridgehead atoms. The Balaban J connectivity index is 1.32. The summed E-state index contributed by atoms with van der Waals surface area (Å²) in [6, 6.07) is 4.52. The van der Waals surface area contributed by atoms with E-state index in [1.165, 1.54) is 4.90 Å². The van der Waals surface area contributed by atoms with Crippen LogP contribution < -0.4 is 13.7 Å². The molecule has 45 heavy (non-hydrogen) atoms. The van der Waals surface area contributed by atoms with E-state index in [1.807, 2.05) is 10.0 Å². The Hall–Kier alpha value is -2.65. The van der Waals surface area contributed by atoms with Gasteiger partial charge in [-0.25, -0.2) is 23.4 Å². The molecule has 0 aliphatic carbocycles. The molecule has 0 aromatic carbocycles. The summed E-state index contributed by atoms with van der Waals surface area (Å²) in [5.74, 6) is -0.328. The van der Waals surface area contributed by atoms with Crippen LogP contribution in [0.5, 0.6) is 0 Å². The fraction of sp³-hybridized carbons (Fsp3) is 0.481. The molecule has 242 valence electrons. The average molecular weight is 780 g/mol. The third-order valence-electron chi connectivity index (χ3n) is 7.65. The lowest BCUT2D eigenvalue weighted by atomic mass is 10.2. The normalized spacial score (nSPS) is 20.3. The molecule has 0 saturated carbocycles. The number of fused-ring (bicyclic) bond motifs is 1. The topological polar surface area (TPSA) is 139 Å². The van der Waals surface area contributed by atoms with E-state index in [2.05, 4.69) is 43.5 Å². The quantitative estimate of drug-likeness (QED) is 0.256. The number of carbonyl (C=O) groups excluding carboxylic acids is 1. The van der Waals surface area contributed by atoms with Gasteiger partial charge in [-0.05, 0) is 24.6 Å². The molecule has 3 aliphatic heterocycles. The number of hydrogen-bond donors (Lipinski definition) is 2. The van der Waals surface area contributed by atoms with E-state index in [1.54, 1.807) is 12.1 Å². The first kappa shape index (κ1) is 32.3. The summed E-state index contributed by atoms with van der Waals surface area (Å²) in [5, 5.41) is 6.38. The molecule has 12 nitrogen and oxygen atoms in total. The number of pyridine rings is 1. The van der Waals surface area contributed by atoms with Crippen molar-refractivity contribution >= 4 is 67.4 Å². The van der Waals surface area contributed by atoms with Gasteiger partial charge in [-0.1, -0.05) is 6.92 Å². The van der Waals surface area contributed by atoms with Gasteiger partial charge in [0.15, 0.2) is 9.84 Å². The van der Waals surface area contributed by atoms with Gasteiger partial charge in [-0.2, -0.15) is 13.2 Å². The van der Waals surface area contributed by atoms with Crippen LogP contribution in [0, 0.1) is 0 Å². The van der Waals surface area contributed by atoms with E-state index < -0.39 is 33.2 Å². The minimum Gasteiger partial charge on any atom is -0.378 e. The SMILES string of the molecule is CCc1nc(N(I)CC2COCCN2)ccc1Nc1ncc(C(F)(F)F)c(-c2cc3c(s2)C(=O)N(C2COC2)CCS3(=O)=O)n1. The van der Waals surface area contributed by atoms with Crippen LogP contribution in [0.25, 0.3) is 10.6 Å². The fourth-order valence-electron chi connectivity index (χ4n) is 5.17. The van der Waals surface area contributed by atoms with Gasteiger partial charge in [0.1, 0.15) is 16.3 Å². The maximum Gasteiger partial charge on any atom is 0.420 e. The van der Waals surface area contributed by atoms with E-state index in [4.69, 9.17) is 14.5 Å². The van der Waals surface area contributed by atoms with Crippen molar-refractivity contribution in [1.82, 2.24) is 25.2 Å². The lowest BCUT2D eigenvalue weighted by molar-refractivity contribution is -0.137. The number of amides is 1. The molecule has 0 spiro atoms. The van der Waals surface area contributed by atoms with Gasteiger partial charge in [0.25, 0.3) is 5.91 Å². The molecule has 18 heteroatoms. The number of alkyl halides is 3. The molecule has 2 saturated heterocycles. The van der Waals surface area contributed by atoms with Crippen LogP contribution >= 0.6 is 34.2 Å². The van der Waals surface area contributed by atoms with Crippen molar-refractivity contribution in [2.75, 3.05) is 60.2 Å². The molecule has 3 aliphatic rings. The van der Waals surface area contributed by atoms with Crippen LogP contribution in [0.4, 0.5) is 30.6 Å². The molecule has 1 unspecified atom stereocenters. The Morgan fingerprint density at radius 1 is 1.22 bits per heavy atom. The van der Waals surface area contributed by atoms with Crippen molar-refractivity contribution in [1.29, 1.82) is 0 Å². The monoisotopic (exact) mass is 779 g/mol. The number of sulfone groups is 1. The van der Waals surface area contributed by atoms with Gasteiger partial charge in [0, 0.05) is 31.9 Å². The second-order valence-electron chi connectivity index (χ2n) is 10.7. The van der Waals surface area contributed by atoms with E-state index in [0.29, 0.717) is 60.9 Å². The van der Waals surface area contributed by atoms with Crippen molar-refractivity contribution in [3.63, 3.8) is 0 Å². The number of aromatic nitrogens is 3. The summed E-state index contributed by atoms with van der Waals surface area (Å²) >= 11 is 2.86. The highest BCUT2D eigenvalue weighted by Gasteiger charge is 2.41. The van der Waals surface area contributed by atoms with Crippen molar-refractivity contribution in [2.24, 2.45) is 0 Å². The first-order valence-corrected chi connectivity index (χ1v) is 17.6. The van der Waals surface area contributed by atoms with E-state index >= 15 is 0 Å². The molecule has 3 aromatic rings. The third-order valence-corrected chi connectivity index (χ3v) is 11.5. The maximum absolute atomic E-state index is 14.2. The van der Waals surface area contributed by atoms with E-state index in [0.717, 1.165) is 12.6 Å². The predicted molar refractivity (Wildman–Crippen MR) is 169 cm³/mol. The number of thiophene rings is 1. The number of rotatable bonds is 8. The molecular formula is C27H29F3IN7O5S2. The van der Waals surface area contributed by atoms with Gasteiger partial charge >= 0.3 is 6.18 Å². The Bertz CT molecular complexity index is 1700. The molecular weight excluding hydrogens is 750 g/mol. The number of aryl methyl sites for hydroxylation is 1. The summed E-state index contributed by atoms with van der Waals surface area (Å²) in [5.41, 5.74) is -0.521. The highest BCUT2D eigenvalue weighted by Crippen LogP contribution is 2.42. The third kappa shape index (κ3) is 6.76. The molecule has 2 N–H and O–H groups in total. The van der Waals surface area contributed by atoms with Gasteiger partial charge in [-0.15, -0.1) is 11.3 Å². The van der Waals surface area contributed by atoms with Gasteiger partial charge in [-0.3, -0.25) is 7.91 Å². The highest BCUT2D eigenvalue weighted by atomic mass is 127. The van der Waals surface area contributed by atoms with E-state index in [-0.39, 0.29) is 58.2 Å². The van der Waals surface area contributed by atoms with Crippen LogP contribution in [0.15, 0.2) is 29.3 Å². The van der Waals surface area contributed by atoms with Gasteiger partial charge < -0.3 is 25.0 Å². The van der Waals surface area contributed by atoms with Crippen LogP contribution in [0.3, 0.4) is 0 Å². The van der Waals surface area contributed by atoms with Crippen LogP contribution in [-0.2, 0) is 31.9 Å². The van der Waals surface area contributed by atoms with Crippen LogP contribution in [0.2, 0.25) is 0 Å². The summed E-state index contributed by atoms with van der Waals surface area (Å²) < 4.78 is 81.4. The summed E-state index contributed by atoms with van der Waals surface area (Å²) in [6.07, 6.45) is -3.67. The molecule has 3 aromatic heterocycles. The first-order chi connectivity index (χ1) is 21.4. The molecule has 1 atom stereocenters. The van der Waals surface area contributed by atoms with Crippen molar-refractivity contribution in [3.8, 4) is 10.6 Å². The number of nitrogens with one attached hydrogen (secondary N) is 2. The Labute approximate surface area is 275 Å². The fourth-order valence-corrected chi connectivity index (χ4v) is 8.84. The smallest absolute Gasteiger partial charge is 0.378 e. The largest absolute Gasteiger partial charge is 0.420 e. The van der Waals surface area contributed by atoms with Crippen molar-refractivity contribution in [3.05, 3.63) is 40.5 Å². The van der Waals surface area contributed by atoms with E-state index in [9.17, 15) is 26.4 Å². The molecule has 1 amide bonds. The second-order valence-corrected chi connectivity index (χ2v) is 15.0. The van der Waals surface area contributed by atoms with Crippen molar-refractivity contribution in [2.45, 2.75) is 36.5 Å². The first-order valence-electron chi connectivity index (χ1n) is 14.2. The Kier molecular flexibility index (Phi) is 9.23. The molecule has 6 heterocycles. The summed E-state index contributed by atoms with van der Waals surface area (Å²) in [4.78, 5) is 27.1. The Morgan fingerprint density at radius 3 is 2.69 bits per heavy atom. The zero-order valence-corrected chi connectivity index (χ0v) is 27.7. The van der Waals surface area contributed by atoms with Crippen molar-refractivity contribution < 1.29 is 35.9 Å². The number of nitrogens with zero attached hydrogens (tertiary/aromatic N) is 5. The minimum atomic E-state index is -4.84. The van der Waals surface area contributed by atoms with Gasteiger partial charge in [0.2, 0.25) is 5.95 Å². The zero-order chi connectivity index (χ0) is 31.9. The predicted octanol–water partition coefficient (Wildman–Crippen LogP) is 3.70. The number of carbonyl (C=O) groups is 1. The molecule has 2 fully saturated rings. The van der Waals surface area contributed by atoms with Crippen LogP contribution in [-0.4, -0.2) is 98.1 Å². The number of halogens is 4. The highest BCUT2D eigenvalue weighted by molar-refractivity contribution is 14.1. The van der Waals surface area contributed by atoms with Gasteiger partial charge in [0.05, 0.1) is 87.9 Å². The Morgan fingerprint density at radius 2 is 2.02 bits per heavy atom. The lowest BCUT2D eigenvalue weighted by Gasteiger charge is -2.36. The molecule has 0 radical (unpaired) electrons. The lowest BCUT2D eigenvalue weighted by Crippen LogP contribution is -2.52. The maximum atomic E-state index is 14.2. The minimum absolute atomic E-state index is 0.0188. The standard InChI is InChI=1S/C27H29F3IN7O5S2/c1-2-18-19(3-4-22(34-18)38(31)11-15-12-42-7-5-32-15)35-26-33-10-17(27(28,29)30)23(36-26)20-9-21-24(44-20)25(39)37(16-13-43-14-16)6-8-45(21,40)41/h3-4,9-10,15-16,32H,2,5-8,11-14H2,1H3,(H,33,35,36). The molecule has 6 rings (SSSR count). The summed E-state index contributed by atoms with van der Waals surface area (Å²) in [6.45, 7) is 5.13. The number of morpholine rings is 1. The number of anilines is 3. The van der Waals surface area contributed by atoms with Crippen LogP contribution in [0.1, 0.15) is 27.9 Å². The number of ether oxygens (including phenoxy) is 2.